The van der Waals surface area contributed by atoms with E-state index in [-0.39, 0.29) is 5.54 Å². The van der Waals surface area contributed by atoms with E-state index in [1.54, 1.807) is 0 Å². The Bertz CT molecular complexity index is 602. The Hall–Kier alpha value is -1.59. The quantitative estimate of drug-likeness (QED) is 0.651. The van der Waals surface area contributed by atoms with Crippen molar-refractivity contribution >= 4 is 11.6 Å². The third-order valence-corrected chi connectivity index (χ3v) is 5.79. The van der Waals surface area contributed by atoms with Crippen LogP contribution in [0.15, 0.2) is 23.2 Å². The van der Waals surface area contributed by atoms with E-state index in [9.17, 15) is 0 Å². The molecule has 1 aromatic rings. The van der Waals surface area contributed by atoms with Gasteiger partial charge in [-0.05, 0) is 49.9 Å². The molecule has 0 amide bonds. The van der Waals surface area contributed by atoms with E-state index in [2.05, 4.69) is 42.3 Å². The summed E-state index contributed by atoms with van der Waals surface area (Å²) in [5.41, 5.74) is 9.91. The largest absolute Gasteiger partial charge is 0.379 e. The smallest absolute Gasteiger partial charge is 0.193 e. The number of aryl methyl sites for hydroxylation is 2. The summed E-state index contributed by atoms with van der Waals surface area (Å²) in [6.45, 7) is 8.70. The molecular weight excluding hydrogens is 312 g/mol. The van der Waals surface area contributed by atoms with Crippen LogP contribution in [0.5, 0.6) is 0 Å². The molecule has 1 aliphatic carbocycles. The van der Waals surface area contributed by atoms with Gasteiger partial charge in [-0.1, -0.05) is 25.3 Å². The van der Waals surface area contributed by atoms with Crippen LogP contribution in [-0.4, -0.2) is 49.2 Å². The summed E-state index contributed by atoms with van der Waals surface area (Å²) in [6, 6.07) is 6.29. The third-order valence-electron chi connectivity index (χ3n) is 5.79. The lowest BCUT2D eigenvalue weighted by Crippen LogP contribution is -2.56. The molecule has 25 heavy (non-hydrogen) atoms. The lowest BCUT2D eigenvalue weighted by molar-refractivity contribution is -0.0333. The molecule has 5 heteroatoms. The number of guanidine groups is 1. The zero-order chi connectivity index (χ0) is 17.7. The number of hydrogen-bond acceptors (Lipinski definition) is 3. The van der Waals surface area contributed by atoms with Gasteiger partial charge in [0.05, 0.1) is 19.8 Å². The third kappa shape index (κ3) is 4.53. The molecule has 1 saturated heterocycles. The van der Waals surface area contributed by atoms with Gasteiger partial charge < -0.3 is 15.8 Å². The van der Waals surface area contributed by atoms with Gasteiger partial charge in [0.2, 0.25) is 0 Å². The molecule has 1 aromatic carbocycles. The second-order valence-electron chi connectivity index (χ2n) is 7.51. The van der Waals surface area contributed by atoms with Crippen molar-refractivity contribution in [3.05, 3.63) is 29.3 Å². The highest BCUT2D eigenvalue weighted by molar-refractivity contribution is 5.92. The Kier molecular flexibility index (Phi) is 5.97. The molecule has 5 nitrogen and oxygen atoms in total. The van der Waals surface area contributed by atoms with Crippen LogP contribution in [0.25, 0.3) is 0 Å². The molecule has 0 spiro atoms. The van der Waals surface area contributed by atoms with Gasteiger partial charge in [0.25, 0.3) is 0 Å². The topological polar surface area (TPSA) is 62.9 Å². The average molecular weight is 345 g/mol. The van der Waals surface area contributed by atoms with Crippen LogP contribution in [0.2, 0.25) is 0 Å². The zero-order valence-electron chi connectivity index (χ0n) is 15.7. The molecule has 1 heterocycles. The van der Waals surface area contributed by atoms with Gasteiger partial charge >= 0.3 is 0 Å². The van der Waals surface area contributed by atoms with E-state index >= 15 is 0 Å². The molecule has 138 valence electrons. The zero-order valence-corrected chi connectivity index (χ0v) is 15.7. The Morgan fingerprint density at radius 2 is 1.88 bits per heavy atom. The lowest BCUT2D eigenvalue weighted by Gasteiger charge is -2.47. The number of aliphatic imine (C=N–C) groups is 1. The van der Waals surface area contributed by atoms with Crippen molar-refractivity contribution in [2.45, 2.75) is 51.5 Å². The maximum Gasteiger partial charge on any atom is 0.193 e. The summed E-state index contributed by atoms with van der Waals surface area (Å²) < 4.78 is 5.55. The summed E-state index contributed by atoms with van der Waals surface area (Å²) in [6.07, 6.45) is 6.35. The van der Waals surface area contributed by atoms with Crippen LogP contribution in [0.3, 0.4) is 0 Å². The first-order valence-corrected chi connectivity index (χ1v) is 9.56. The Labute approximate surface area is 151 Å². The monoisotopic (exact) mass is 344 g/mol. The predicted molar refractivity (Wildman–Crippen MR) is 104 cm³/mol. The molecule has 0 unspecified atom stereocenters. The number of morpholine rings is 1. The minimum Gasteiger partial charge on any atom is -0.379 e. The second-order valence-corrected chi connectivity index (χ2v) is 7.51. The van der Waals surface area contributed by atoms with Crippen molar-refractivity contribution in [1.29, 1.82) is 0 Å². The van der Waals surface area contributed by atoms with Gasteiger partial charge in [-0.15, -0.1) is 0 Å². The maximum atomic E-state index is 6.20. The van der Waals surface area contributed by atoms with Crippen LogP contribution in [0.4, 0.5) is 5.69 Å². The molecule has 0 bridgehead atoms. The molecular formula is C20H32N4O. The van der Waals surface area contributed by atoms with Crippen LogP contribution in [0.1, 0.15) is 43.2 Å². The molecule has 2 aliphatic rings. The second kappa shape index (κ2) is 8.19. The van der Waals surface area contributed by atoms with Crippen LogP contribution in [0, 0.1) is 13.8 Å². The Balaban J connectivity index is 1.68. The molecule has 1 saturated carbocycles. The molecule has 2 fully saturated rings. The molecule has 3 rings (SSSR count). The van der Waals surface area contributed by atoms with Gasteiger partial charge in [0.15, 0.2) is 5.96 Å². The van der Waals surface area contributed by atoms with Crippen molar-refractivity contribution in [1.82, 2.24) is 4.90 Å². The average Bonchev–Trinajstić information content (AvgIpc) is 2.65. The summed E-state index contributed by atoms with van der Waals surface area (Å²) >= 11 is 0. The van der Waals surface area contributed by atoms with Gasteiger partial charge in [-0.25, -0.2) is 0 Å². The van der Waals surface area contributed by atoms with Crippen LogP contribution >= 0.6 is 0 Å². The Morgan fingerprint density at radius 3 is 2.56 bits per heavy atom. The minimum atomic E-state index is 0.164. The molecule has 0 radical (unpaired) electrons. The van der Waals surface area contributed by atoms with Gasteiger partial charge in [0.1, 0.15) is 0 Å². The number of nitrogens with two attached hydrogens (primary N) is 1. The Morgan fingerprint density at radius 1 is 1.16 bits per heavy atom. The maximum absolute atomic E-state index is 6.20. The van der Waals surface area contributed by atoms with Crippen molar-refractivity contribution < 1.29 is 4.74 Å². The van der Waals surface area contributed by atoms with Crippen molar-refractivity contribution in [2.75, 3.05) is 38.2 Å². The number of nitrogens with one attached hydrogen (secondary N) is 1. The highest BCUT2D eigenvalue weighted by Crippen LogP contribution is 2.34. The van der Waals surface area contributed by atoms with E-state index in [0.29, 0.717) is 5.96 Å². The summed E-state index contributed by atoms with van der Waals surface area (Å²) in [5.74, 6) is 0.515. The normalized spacial score (nSPS) is 21.9. The van der Waals surface area contributed by atoms with Gasteiger partial charge in [-0.2, -0.15) is 0 Å². The molecule has 0 aromatic heterocycles. The SMILES string of the molecule is Cc1ccc(NC(N)=NCC2(N3CCOCC3)CCCCC2)cc1C. The number of ether oxygens (including phenoxy) is 1. The van der Waals surface area contributed by atoms with E-state index in [4.69, 9.17) is 15.5 Å². The molecule has 1 aliphatic heterocycles. The van der Waals surface area contributed by atoms with Crippen molar-refractivity contribution in [3.63, 3.8) is 0 Å². The molecule has 3 N–H and O–H groups in total. The standard InChI is InChI=1S/C20H32N4O/c1-16-6-7-18(14-17(16)2)23-19(21)22-15-20(8-4-3-5-9-20)24-10-12-25-13-11-24/h6-7,14H,3-5,8-13,15H2,1-2H3,(H3,21,22,23). The number of benzene rings is 1. The summed E-state index contributed by atoms with van der Waals surface area (Å²) in [7, 11) is 0. The summed E-state index contributed by atoms with van der Waals surface area (Å²) in [5, 5.41) is 3.25. The van der Waals surface area contributed by atoms with Crippen molar-refractivity contribution in [2.24, 2.45) is 10.7 Å². The first kappa shape index (κ1) is 18.2. The van der Waals surface area contributed by atoms with Gasteiger partial charge in [-0.3, -0.25) is 9.89 Å². The number of anilines is 1. The van der Waals surface area contributed by atoms with E-state index in [1.165, 1.54) is 43.2 Å². The lowest BCUT2D eigenvalue weighted by atomic mass is 9.80. The van der Waals surface area contributed by atoms with E-state index in [1.807, 2.05) is 0 Å². The van der Waals surface area contributed by atoms with E-state index in [0.717, 1.165) is 38.5 Å². The molecule has 0 atom stereocenters. The van der Waals surface area contributed by atoms with Crippen molar-refractivity contribution in [3.8, 4) is 0 Å². The van der Waals surface area contributed by atoms with Crippen LogP contribution in [-0.2, 0) is 4.74 Å². The summed E-state index contributed by atoms with van der Waals surface area (Å²) in [4.78, 5) is 7.34. The fraction of sp³-hybridized carbons (Fsp3) is 0.650. The first-order chi connectivity index (χ1) is 12.1. The fourth-order valence-corrected chi connectivity index (χ4v) is 4.06. The van der Waals surface area contributed by atoms with Crippen LogP contribution < -0.4 is 11.1 Å². The predicted octanol–water partition coefficient (Wildman–Crippen LogP) is 3.07. The highest BCUT2D eigenvalue weighted by Gasteiger charge is 2.38. The fourth-order valence-electron chi connectivity index (χ4n) is 4.06. The number of nitrogens with zero attached hydrogens (tertiary/aromatic N) is 2. The highest BCUT2D eigenvalue weighted by atomic mass is 16.5. The van der Waals surface area contributed by atoms with Gasteiger partial charge in [0, 0.05) is 24.3 Å². The number of rotatable bonds is 4. The number of hydrogen-bond donors (Lipinski definition) is 2. The minimum absolute atomic E-state index is 0.164. The first-order valence-electron chi connectivity index (χ1n) is 9.56. The van der Waals surface area contributed by atoms with E-state index < -0.39 is 0 Å².